The van der Waals surface area contributed by atoms with Crippen LogP contribution in [0.2, 0.25) is 5.02 Å². The molecule has 2 rings (SSSR count). The fourth-order valence-corrected chi connectivity index (χ4v) is 2.33. The summed E-state index contributed by atoms with van der Waals surface area (Å²) in [5, 5.41) is 3.06. The molecule has 1 unspecified atom stereocenters. The number of aliphatic imine (C=N–C) groups is 1. The van der Waals surface area contributed by atoms with E-state index in [-0.39, 0.29) is 22.3 Å². The van der Waals surface area contributed by atoms with E-state index in [0.717, 1.165) is 6.54 Å². The van der Waals surface area contributed by atoms with E-state index in [1.807, 2.05) is 6.92 Å². The molecule has 1 aliphatic rings. The molecular weight excluding hydrogens is 295 g/mol. The van der Waals surface area contributed by atoms with E-state index >= 15 is 0 Å². The van der Waals surface area contributed by atoms with Gasteiger partial charge in [-0.2, -0.15) is 0 Å². The first-order valence-corrected chi connectivity index (χ1v) is 6.80. The number of carbonyl (C=O) groups excluding carboxylic acids is 1. The molecule has 0 fully saturated rings. The van der Waals surface area contributed by atoms with Crippen molar-refractivity contribution in [2.24, 2.45) is 16.5 Å². The molecule has 0 saturated heterocycles. The van der Waals surface area contributed by atoms with E-state index in [1.54, 1.807) is 0 Å². The number of carbonyl (C=O) groups is 1. The molecule has 5 N–H and O–H groups in total. The Balaban J connectivity index is 2.53. The van der Waals surface area contributed by atoms with E-state index in [1.165, 1.54) is 18.2 Å². The Morgan fingerprint density at radius 3 is 2.76 bits per heavy atom. The van der Waals surface area contributed by atoms with Crippen LogP contribution in [0.4, 0.5) is 4.39 Å². The van der Waals surface area contributed by atoms with Gasteiger partial charge in [-0.05, 0) is 30.7 Å². The minimum absolute atomic E-state index is 0.0210. The number of hydrogen-bond acceptors (Lipinski definition) is 4. The Bertz CT molecular complexity index is 642. The summed E-state index contributed by atoms with van der Waals surface area (Å²) >= 11 is 5.74. The minimum atomic E-state index is -0.678. The Morgan fingerprint density at radius 2 is 2.19 bits per heavy atom. The summed E-state index contributed by atoms with van der Waals surface area (Å²) in [6, 6.07) is 4.01. The molecule has 1 heterocycles. The van der Waals surface area contributed by atoms with E-state index in [9.17, 15) is 9.18 Å². The highest BCUT2D eigenvalue weighted by atomic mass is 35.5. The molecule has 0 aromatic heterocycles. The molecule has 0 spiro atoms. The highest BCUT2D eigenvalue weighted by Crippen LogP contribution is 2.22. The fourth-order valence-electron chi connectivity index (χ4n) is 2.15. The van der Waals surface area contributed by atoms with Gasteiger partial charge >= 0.3 is 0 Å². The second-order valence-electron chi connectivity index (χ2n) is 4.84. The number of hydrogen-bond donors (Lipinski definition) is 3. The molecule has 0 aliphatic carbocycles. The van der Waals surface area contributed by atoms with Crippen LogP contribution in [0.1, 0.15) is 12.5 Å². The normalized spacial score (nSPS) is 19.8. The number of halogens is 2. The van der Waals surface area contributed by atoms with E-state index in [0.29, 0.717) is 17.8 Å². The lowest BCUT2D eigenvalue weighted by Crippen LogP contribution is -2.39. The van der Waals surface area contributed by atoms with Crippen LogP contribution in [0.5, 0.6) is 0 Å². The molecule has 1 aliphatic heterocycles. The van der Waals surface area contributed by atoms with Crippen molar-refractivity contribution in [2.45, 2.75) is 13.0 Å². The molecule has 0 bridgehead atoms. The van der Waals surface area contributed by atoms with E-state index < -0.39 is 11.7 Å². The van der Waals surface area contributed by atoms with Crippen LogP contribution in [-0.4, -0.2) is 30.8 Å². The summed E-state index contributed by atoms with van der Waals surface area (Å²) in [6.45, 7) is 3.03. The van der Waals surface area contributed by atoms with Crippen molar-refractivity contribution in [3.8, 4) is 0 Å². The maximum absolute atomic E-state index is 13.2. The Hall–Kier alpha value is -1.92. The van der Waals surface area contributed by atoms with Crippen molar-refractivity contribution in [1.29, 1.82) is 0 Å². The molecule has 1 amide bonds. The molecule has 5 nitrogen and oxygen atoms in total. The van der Waals surface area contributed by atoms with Gasteiger partial charge in [-0.1, -0.05) is 11.6 Å². The van der Waals surface area contributed by atoms with Crippen LogP contribution in [0.3, 0.4) is 0 Å². The summed E-state index contributed by atoms with van der Waals surface area (Å²) in [5.74, 6) is -1.23. The number of amides is 1. The number of nitrogens with zero attached hydrogens (tertiary/aromatic N) is 1. The van der Waals surface area contributed by atoms with Crippen molar-refractivity contribution >= 4 is 28.9 Å². The Labute approximate surface area is 126 Å². The van der Waals surface area contributed by atoms with Crippen molar-refractivity contribution in [3.05, 3.63) is 40.2 Å². The van der Waals surface area contributed by atoms with Crippen LogP contribution < -0.4 is 16.8 Å². The summed E-state index contributed by atoms with van der Waals surface area (Å²) in [5.41, 5.74) is 12.7. The molecule has 1 aromatic rings. The zero-order valence-corrected chi connectivity index (χ0v) is 12.2. The summed E-state index contributed by atoms with van der Waals surface area (Å²) < 4.78 is 13.2. The van der Waals surface area contributed by atoms with Crippen molar-refractivity contribution < 1.29 is 9.18 Å². The molecule has 0 radical (unpaired) electrons. The molecule has 0 saturated carbocycles. The standard InChI is InChI=1S/C14H16ClFN4O/c1-7-5-19-6-11(20-7)12(14(18)21)13(17)8-2-3-10(16)9(15)4-8/h2-4,7,19H,5-6,17H2,1H3,(H2,18,21). The average Bonchev–Trinajstić information content (AvgIpc) is 2.41. The number of primary amides is 1. The lowest BCUT2D eigenvalue weighted by Gasteiger charge is -2.20. The molecule has 1 atom stereocenters. The van der Waals surface area contributed by atoms with E-state index in [4.69, 9.17) is 23.1 Å². The Morgan fingerprint density at radius 1 is 1.48 bits per heavy atom. The number of benzene rings is 1. The van der Waals surface area contributed by atoms with Crippen molar-refractivity contribution in [3.63, 3.8) is 0 Å². The quantitative estimate of drug-likeness (QED) is 0.729. The van der Waals surface area contributed by atoms with Gasteiger partial charge in [-0.3, -0.25) is 9.79 Å². The molecule has 112 valence electrons. The van der Waals surface area contributed by atoms with Gasteiger partial charge in [-0.25, -0.2) is 4.39 Å². The second-order valence-corrected chi connectivity index (χ2v) is 5.24. The van der Waals surface area contributed by atoms with Gasteiger partial charge in [0.05, 0.1) is 28.0 Å². The van der Waals surface area contributed by atoms with Gasteiger partial charge in [0, 0.05) is 13.1 Å². The maximum Gasteiger partial charge on any atom is 0.252 e. The third kappa shape index (κ3) is 3.40. The van der Waals surface area contributed by atoms with Crippen LogP contribution in [0.25, 0.3) is 5.70 Å². The lowest BCUT2D eigenvalue weighted by atomic mass is 10.0. The zero-order chi connectivity index (χ0) is 15.6. The minimum Gasteiger partial charge on any atom is -0.398 e. The largest absolute Gasteiger partial charge is 0.398 e. The zero-order valence-electron chi connectivity index (χ0n) is 11.5. The highest BCUT2D eigenvalue weighted by molar-refractivity contribution is 6.31. The van der Waals surface area contributed by atoms with Crippen molar-refractivity contribution in [2.75, 3.05) is 13.1 Å². The first kappa shape index (κ1) is 15.5. The summed E-state index contributed by atoms with van der Waals surface area (Å²) in [7, 11) is 0. The van der Waals surface area contributed by atoms with Gasteiger partial charge < -0.3 is 16.8 Å². The third-order valence-electron chi connectivity index (χ3n) is 3.14. The van der Waals surface area contributed by atoms with Crippen LogP contribution in [-0.2, 0) is 4.79 Å². The average molecular weight is 311 g/mol. The van der Waals surface area contributed by atoms with Gasteiger partial charge in [-0.15, -0.1) is 0 Å². The van der Waals surface area contributed by atoms with Crippen LogP contribution in [0, 0.1) is 5.82 Å². The summed E-state index contributed by atoms with van der Waals surface area (Å²) in [6.07, 6.45) is 0. The predicted molar refractivity (Wildman–Crippen MR) is 81.5 cm³/mol. The SMILES string of the molecule is CC1CNCC(C(C(N)=O)=C(N)c2ccc(F)c(Cl)c2)=N1. The fraction of sp³-hybridized carbons (Fsp3) is 0.286. The second kappa shape index (κ2) is 6.24. The Kier molecular flexibility index (Phi) is 4.59. The van der Waals surface area contributed by atoms with Crippen LogP contribution in [0.15, 0.2) is 28.8 Å². The maximum atomic E-state index is 13.2. The van der Waals surface area contributed by atoms with Gasteiger partial charge in [0.2, 0.25) is 0 Å². The lowest BCUT2D eigenvalue weighted by molar-refractivity contribution is -0.114. The third-order valence-corrected chi connectivity index (χ3v) is 3.43. The molecule has 21 heavy (non-hydrogen) atoms. The molecule has 7 heteroatoms. The predicted octanol–water partition coefficient (Wildman–Crippen LogP) is 1.07. The first-order valence-electron chi connectivity index (χ1n) is 6.43. The number of nitrogens with two attached hydrogens (primary N) is 2. The van der Waals surface area contributed by atoms with Gasteiger partial charge in [0.15, 0.2) is 0 Å². The number of rotatable bonds is 3. The smallest absolute Gasteiger partial charge is 0.252 e. The number of nitrogens with one attached hydrogen (secondary N) is 1. The molecular formula is C14H16ClFN4O. The topological polar surface area (TPSA) is 93.5 Å². The summed E-state index contributed by atoms with van der Waals surface area (Å²) in [4.78, 5) is 16.1. The van der Waals surface area contributed by atoms with Gasteiger partial charge in [0.1, 0.15) is 5.82 Å². The molecule has 1 aromatic carbocycles. The van der Waals surface area contributed by atoms with Crippen molar-refractivity contribution in [1.82, 2.24) is 5.32 Å². The highest BCUT2D eigenvalue weighted by Gasteiger charge is 2.22. The van der Waals surface area contributed by atoms with E-state index in [2.05, 4.69) is 10.3 Å². The monoisotopic (exact) mass is 310 g/mol. The van der Waals surface area contributed by atoms with Gasteiger partial charge in [0.25, 0.3) is 5.91 Å². The first-order chi connectivity index (χ1) is 9.90. The van der Waals surface area contributed by atoms with Crippen LogP contribution >= 0.6 is 11.6 Å².